The third-order valence-corrected chi connectivity index (χ3v) is 3.49. The first-order chi connectivity index (χ1) is 10.2. The van der Waals surface area contributed by atoms with Crippen molar-refractivity contribution in [3.8, 4) is 5.75 Å². The molecule has 4 heteroatoms. The fourth-order valence-electron chi connectivity index (χ4n) is 2.33. The van der Waals surface area contributed by atoms with Crippen LogP contribution in [0.3, 0.4) is 0 Å². The molecule has 1 atom stereocenters. The van der Waals surface area contributed by atoms with Crippen LogP contribution in [-0.4, -0.2) is 27.4 Å². The van der Waals surface area contributed by atoms with Gasteiger partial charge in [-0.15, -0.1) is 0 Å². The van der Waals surface area contributed by atoms with E-state index in [4.69, 9.17) is 4.74 Å². The number of aliphatic hydroxyl groups is 1. The smallest absolute Gasteiger partial charge is 0.120 e. The summed E-state index contributed by atoms with van der Waals surface area (Å²) in [4.78, 5) is 4.13. The van der Waals surface area contributed by atoms with Gasteiger partial charge >= 0.3 is 0 Å². The molecule has 0 amide bonds. The average Bonchev–Trinajstić information content (AvgIpc) is 2.90. The predicted molar refractivity (Wildman–Crippen MR) is 82.4 cm³/mol. The highest BCUT2D eigenvalue weighted by atomic mass is 16.5. The van der Waals surface area contributed by atoms with Crippen LogP contribution in [0.5, 0.6) is 5.75 Å². The zero-order valence-electron chi connectivity index (χ0n) is 11.9. The lowest BCUT2D eigenvalue weighted by molar-refractivity contribution is 0.0920. The zero-order chi connectivity index (χ0) is 14.7. The van der Waals surface area contributed by atoms with Crippen LogP contribution in [0.15, 0.2) is 54.9 Å². The van der Waals surface area contributed by atoms with Gasteiger partial charge in [0.05, 0.1) is 6.54 Å². The van der Waals surface area contributed by atoms with Crippen molar-refractivity contribution in [2.45, 2.75) is 19.6 Å². The number of nitrogens with zero attached hydrogens (tertiary/aromatic N) is 2. The zero-order valence-corrected chi connectivity index (χ0v) is 11.9. The number of aromatic nitrogens is 2. The lowest BCUT2D eigenvalue weighted by Gasteiger charge is -2.14. The van der Waals surface area contributed by atoms with Crippen LogP contribution >= 0.6 is 0 Å². The summed E-state index contributed by atoms with van der Waals surface area (Å²) in [6.07, 6.45) is 3.02. The molecule has 3 aromatic rings. The molecular formula is C17H18N2O2. The highest BCUT2D eigenvalue weighted by Crippen LogP contribution is 2.20. The van der Waals surface area contributed by atoms with Crippen LogP contribution < -0.4 is 4.74 Å². The van der Waals surface area contributed by atoms with E-state index in [0.29, 0.717) is 6.54 Å². The van der Waals surface area contributed by atoms with E-state index in [1.165, 1.54) is 5.39 Å². The number of aliphatic hydroxyl groups excluding tert-OH is 1. The summed E-state index contributed by atoms with van der Waals surface area (Å²) in [5.74, 6) is 1.66. The van der Waals surface area contributed by atoms with E-state index >= 15 is 0 Å². The van der Waals surface area contributed by atoms with Crippen molar-refractivity contribution in [1.29, 1.82) is 0 Å². The summed E-state index contributed by atoms with van der Waals surface area (Å²) in [7, 11) is 0. The topological polar surface area (TPSA) is 47.3 Å². The monoisotopic (exact) mass is 282 g/mol. The van der Waals surface area contributed by atoms with E-state index in [2.05, 4.69) is 11.1 Å². The van der Waals surface area contributed by atoms with Crippen molar-refractivity contribution >= 4 is 10.8 Å². The van der Waals surface area contributed by atoms with E-state index in [9.17, 15) is 5.11 Å². The first-order valence-corrected chi connectivity index (χ1v) is 7.00. The molecule has 108 valence electrons. The third-order valence-electron chi connectivity index (χ3n) is 3.49. The van der Waals surface area contributed by atoms with Crippen molar-refractivity contribution in [2.24, 2.45) is 0 Å². The summed E-state index contributed by atoms with van der Waals surface area (Å²) in [6, 6.07) is 14.1. The van der Waals surface area contributed by atoms with Gasteiger partial charge in [-0.1, -0.05) is 30.3 Å². The maximum atomic E-state index is 10.0. The van der Waals surface area contributed by atoms with Gasteiger partial charge in [0.25, 0.3) is 0 Å². The van der Waals surface area contributed by atoms with Crippen LogP contribution in [0, 0.1) is 6.92 Å². The second-order valence-electron chi connectivity index (χ2n) is 5.10. The van der Waals surface area contributed by atoms with Crippen LogP contribution in [0.25, 0.3) is 10.8 Å². The molecule has 1 unspecified atom stereocenters. The normalized spacial score (nSPS) is 12.5. The van der Waals surface area contributed by atoms with Gasteiger partial charge in [0.2, 0.25) is 0 Å². The number of rotatable bonds is 5. The summed E-state index contributed by atoms with van der Waals surface area (Å²) in [5, 5.41) is 12.4. The molecule has 0 fully saturated rings. The second kappa shape index (κ2) is 5.97. The van der Waals surface area contributed by atoms with E-state index in [1.54, 1.807) is 6.20 Å². The van der Waals surface area contributed by atoms with Crippen LogP contribution in [0.4, 0.5) is 0 Å². The average molecular weight is 282 g/mol. The van der Waals surface area contributed by atoms with E-state index < -0.39 is 6.10 Å². The predicted octanol–water partition coefficient (Wildman–Crippen LogP) is 2.78. The molecule has 0 aliphatic carbocycles. The van der Waals surface area contributed by atoms with E-state index in [0.717, 1.165) is 17.0 Å². The molecule has 2 aromatic carbocycles. The Bertz CT molecular complexity index is 736. The molecule has 0 radical (unpaired) electrons. The van der Waals surface area contributed by atoms with Crippen LogP contribution in [0.1, 0.15) is 5.82 Å². The Hall–Kier alpha value is -2.33. The fourth-order valence-corrected chi connectivity index (χ4v) is 2.33. The van der Waals surface area contributed by atoms with Gasteiger partial charge in [0, 0.05) is 12.4 Å². The van der Waals surface area contributed by atoms with Gasteiger partial charge in [-0.2, -0.15) is 0 Å². The van der Waals surface area contributed by atoms with Gasteiger partial charge < -0.3 is 14.4 Å². The fraction of sp³-hybridized carbons (Fsp3) is 0.235. The highest BCUT2D eigenvalue weighted by Gasteiger charge is 2.08. The largest absolute Gasteiger partial charge is 0.491 e. The maximum Gasteiger partial charge on any atom is 0.120 e. The molecular weight excluding hydrogens is 264 g/mol. The first kappa shape index (κ1) is 13.6. The second-order valence-corrected chi connectivity index (χ2v) is 5.10. The van der Waals surface area contributed by atoms with Crippen molar-refractivity contribution in [2.75, 3.05) is 6.61 Å². The van der Waals surface area contributed by atoms with Crippen molar-refractivity contribution in [3.05, 3.63) is 60.7 Å². The SMILES string of the molecule is Cc1nccn1CC(O)COc1ccc2ccccc2c1. The van der Waals surface area contributed by atoms with Gasteiger partial charge in [0.1, 0.15) is 24.3 Å². The molecule has 0 saturated heterocycles. The molecule has 4 nitrogen and oxygen atoms in total. The Labute approximate surface area is 123 Å². The molecule has 21 heavy (non-hydrogen) atoms. The molecule has 1 aromatic heterocycles. The van der Waals surface area contributed by atoms with E-state index in [1.807, 2.05) is 54.1 Å². The minimum atomic E-state index is -0.565. The Morgan fingerprint density at radius 1 is 1.19 bits per heavy atom. The number of hydrogen-bond acceptors (Lipinski definition) is 3. The molecule has 0 bridgehead atoms. The number of aryl methyl sites for hydroxylation is 1. The number of imidazole rings is 1. The maximum absolute atomic E-state index is 10.0. The Kier molecular flexibility index (Phi) is 3.88. The van der Waals surface area contributed by atoms with Gasteiger partial charge in [-0.3, -0.25) is 0 Å². The van der Waals surface area contributed by atoms with Crippen LogP contribution in [-0.2, 0) is 6.54 Å². The minimum Gasteiger partial charge on any atom is -0.491 e. The Morgan fingerprint density at radius 2 is 2.00 bits per heavy atom. The molecule has 1 heterocycles. The summed E-state index contributed by atoms with van der Waals surface area (Å²) in [6.45, 7) is 2.66. The van der Waals surface area contributed by atoms with Gasteiger partial charge in [-0.25, -0.2) is 4.98 Å². The summed E-state index contributed by atoms with van der Waals surface area (Å²) < 4.78 is 7.59. The van der Waals surface area contributed by atoms with Gasteiger partial charge in [0.15, 0.2) is 0 Å². The number of hydrogen-bond donors (Lipinski definition) is 1. The molecule has 3 rings (SSSR count). The molecule has 0 saturated carbocycles. The standard InChI is InChI=1S/C17H18N2O2/c1-13-18-8-9-19(13)11-16(20)12-21-17-7-6-14-4-2-3-5-15(14)10-17/h2-10,16,20H,11-12H2,1H3. The lowest BCUT2D eigenvalue weighted by Crippen LogP contribution is -2.23. The number of fused-ring (bicyclic) bond motifs is 1. The summed E-state index contributed by atoms with van der Waals surface area (Å²) >= 11 is 0. The van der Waals surface area contributed by atoms with Gasteiger partial charge in [-0.05, 0) is 29.8 Å². The minimum absolute atomic E-state index is 0.260. The van der Waals surface area contributed by atoms with Crippen molar-refractivity contribution in [1.82, 2.24) is 9.55 Å². The van der Waals surface area contributed by atoms with Crippen LogP contribution in [0.2, 0.25) is 0 Å². The molecule has 0 aliphatic heterocycles. The molecule has 0 spiro atoms. The summed E-state index contributed by atoms with van der Waals surface area (Å²) in [5.41, 5.74) is 0. The van der Waals surface area contributed by atoms with Crippen molar-refractivity contribution in [3.63, 3.8) is 0 Å². The first-order valence-electron chi connectivity index (χ1n) is 7.00. The Morgan fingerprint density at radius 3 is 2.76 bits per heavy atom. The van der Waals surface area contributed by atoms with Crippen molar-refractivity contribution < 1.29 is 9.84 Å². The third kappa shape index (κ3) is 3.23. The quantitative estimate of drug-likeness (QED) is 0.782. The number of benzene rings is 2. The molecule has 0 aliphatic rings. The lowest BCUT2D eigenvalue weighted by atomic mass is 10.1. The van der Waals surface area contributed by atoms with E-state index in [-0.39, 0.29) is 6.61 Å². The Balaban J connectivity index is 1.62. The highest BCUT2D eigenvalue weighted by molar-refractivity contribution is 5.83. The molecule has 1 N–H and O–H groups in total. The number of ether oxygens (including phenoxy) is 1.